The van der Waals surface area contributed by atoms with E-state index in [1.54, 1.807) is 30.3 Å². The SMILES string of the molecule is C[S-](=O)=O.O=C(O)c1ccccc1.[Na+]. The molecule has 1 aromatic rings. The molecule has 6 heteroatoms. The minimum Gasteiger partial charge on any atom is -0.478 e. The molecule has 0 aliphatic heterocycles. The summed E-state index contributed by atoms with van der Waals surface area (Å²) in [6.45, 7) is 0. The van der Waals surface area contributed by atoms with E-state index in [2.05, 4.69) is 0 Å². The molecule has 0 atom stereocenters. The molecule has 1 rings (SSSR count). The van der Waals surface area contributed by atoms with Gasteiger partial charge < -0.3 is 13.5 Å². The molecule has 0 radical (unpaired) electrons. The van der Waals surface area contributed by atoms with Crippen LogP contribution in [0, 0.1) is 0 Å². The fourth-order valence-electron chi connectivity index (χ4n) is 0.581. The quantitative estimate of drug-likeness (QED) is 0.456. The van der Waals surface area contributed by atoms with Gasteiger partial charge in [-0.15, -0.1) is 0 Å². The van der Waals surface area contributed by atoms with Gasteiger partial charge in [-0.3, -0.25) is 0 Å². The Morgan fingerprint density at radius 3 is 1.79 bits per heavy atom. The monoisotopic (exact) mass is 224 g/mol. The first-order chi connectivity index (χ1) is 6.04. The van der Waals surface area contributed by atoms with Gasteiger partial charge in [0.1, 0.15) is 0 Å². The van der Waals surface area contributed by atoms with Gasteiger partial charge in [-0.25, -0.2) is 4.79 Å². The van der Waals surface area contributed by atoms with Crippen molar-refractivity contribution < 1.29 is 47.9 Å². The number of benzene rings is 1. The van der Waals surface area contributed by atoms with Gasteiger partial charge >= 0.3 is 35.5 Å². The van der Waals surface area contributed by atoms with Crippen molar-refractivity contribution in [1.29, 1.82) is 0 Å². The third-order valence-electron chi connectivity index (χ3n) is 1.02. The van der Waals surface area contributed by atoms with Crippen LogP contribution in [0.4, 0.5) is 0 Å². The van der Waals surface area contributed by atoms with Gasteiger partial charge in [-0.1, -0.05) is 35.2 Å². The number of carbonyl (C=O) groups is 1. The number of hydrogen-bond acceptors (Lipinski definition) is 4. The molecular formula is C8H9NaO4S. The van der Waals surface area contributed by atoms with Gasteiger partial charge in [0, 0.05) is 0 Å². The van der Waals surface area contributed by atoms with Crippen LogP contribution in [-0.2, 0) is 19.1 Å². The fourth-order valence-corrected chi connectivity index (χ4v) is 0.581. The van der Waals surface area contributed by atoms with E-state index in [1.165, 1.54) is 0 Å². The van der Waals surface area contributed by atoms with Gasteiger partial charge in [-0.05, 0) is 12.1 Å². The second-order valence-corrected chi connectivity index (χ2v) is 2.88. The predicted molar refractivity (Wildman–Crippen MR) is 48.1 cm³/mol. The van der Waals surface area contributed by atoms with E-state index in [0.717, 1.165) is 6.26 Å². The fraction of sp³-hybridized carbons (Fsp3) is 0.125. The third-order valence-corrected chi connectivity index (χ3v) is 1.02. The van der Waals surface area contributed by atoms with Gasteiger partial charge in [0.25, 0.3) is 0 Å². The van der Waals surface area contributed by atoms with E-state index in [4.69, 9.17) is 13.5 Å². The van der Waals surface area contributed by atoms with Gasteiger partial charge in [0.15, 0.2) is 0 Å². The summed E-state index contributed by atoms with van der Waals surface area (Å²) in [7, 11) is -1.86. The van der Waals surface area contributed by atoms with E-state index in [9.17, 15) is 4.79 Å². The average molecular weight is 224 g/mol. The van der Waals surface area contributed by atoms with Crippen molar-refractivity contribution in [2.75, 3.05) is 6.26 Å². The van der Waals surface area contributed by atoms with E-state index in [0.29, 0.717) is 5.56 Å². The van der Waals surface area contributed by atoms with Crippen LogP contribution in [0.1, 0.15) is 10.4 Å². The smallest absolute Gasteiger partial charge is 0.478 e. The zero-order valence-electron chi connectivity index (χ0n) is 7.97. The van der Waals surface area contributed by atoms with Gasteiger partial charge in [0.2, 0.25) is 0 Å². The summed E-state index contributed by atoms with van der Waals surface area (Å²) in [6, 6.07) is 8.30. The molecule has 0 amide bonds. The summed E-state index contributed by atoms with van der Waals surface area (Å²) >= 11 is 0. The zero-order chi connectivity index (χ0) is 10.3. The molecule has 72 valence electrons. The van der Waals surface area contributed by atoms with Crippen molar-refractivity contribution in [1.82, 2.24) is 0 Å². The Morgan fingerprint density at radius 1 is 1.21 bits per heavy atom. The summed E-state index contributed by atoms with van der Waals surface area (Å²) in [5.74, 6) is -0.879. The second kappa shape index (κ2) is 9.21. The largest absolute Gasteiger partial charge is 1.00 e. The standard InChI is InChI=1S/C7H6O2.CH3O2S.Na/c8-7(9)6-4-2-1-3-5-6;1-4(2)3;/h1-5H,(H,8,9);1H3;/q;-1;+1. The maximum Gasteiger partial charge on any atom is 1.00 e. The van der Waals surface area contributed by atoms with Crippen LogP contribution in [0.15, 0.2) is 30.3 Å². The van der Waals surface area contributed by atoms with Crippen LogP contribution in [-0.4, -0.2) is 17.3 Å². The molecule has 0 heterocycles. The Morgan fingerprint density at radius 2 is 1.57 bits per heavy atom. The molecule has 0 aromatic heterocycles. The van der Waals surface area contributed by atoms with Crippen LogP contribution in [0.2, 0.25) is 0 Å². The van der Waals surface area contributed by atoms with E-state index < -0.39 is 16.7 Å². The molecule has 1 N–H and O–H groups in total. The maximum absolute atomic E-state index is 10.2. The number of hydrogen-bond donors (Lipinski definition) is 1. The van der Waals surface area contributed by atoms with Crippen molar-refractivity contribution in [2.24, 2.45) is 0 Å². The predicted octanol–water partition coefficient (Wildman–Crippen LogP) is -1.69. The van der Waals surface area contributed by atoms with Crippen LogP contribution < -0.4 is 29.6 Å². The minimum absolute atomic E-state index is 0. The normalized spacial score (nSPS) is 8.14. The molecule has 0 saturated carbocycles. The zero-order valence-corrected chi connectivity index (χ0v) is 10.8. The van der Waals surface area contributed by atoms with E-state index in [-0.39, 0.29) is 29.6 Å². The van der Waals surface area contributed by atoms with Crippen LogP contribution in [0.25, 0.3) is 0 Å². The van der Waals surface area contributed by atoms with Gasteiger partial charge in [-0.2, -0.15) is 0 Å². The first kappa shape index (κ1) is 16.1. The molecule has 4 nitrogen and oxygen atoms in total. The summed E-state index contributed by atoms with van der Waals surface area (Å²) in [5, 5.41) is 8.38. The van der Waals surface area contributed by atoms with Crippen LogP contribution in [0.3, 0.4) is 0 Å². The Labute approximate surface area is 106 Å². The molecule has 0 saturated heterocycles. The van der Waals surface area contributed by atoms with E-state index >= 15 is 0 Å². The molecule has 0 fully saturated rings. The molecule has 0 spiro atoms. The molecule has 0 unspecified atom stereocenters. The molecule has 1 aromatic carbocycles. The molecule has 0 bridgehead atoms. The van der Waals surface area contributed by atoms with Crippen LogP contribution in [0.5, 0.6) is 0 Å². The number of carboxylic acids is 1. The maximum atomic E-state index is 10.2. The Bertz CT molecular complexity index is 326. The van der Waals surface area contributed by atoms with Crippen molar-refractivity contribution >= 4 is 16.7 Å². The average Bonchev–Trinajstić information content (AvgIpc) is 2.05. The minimum atomic E-state index is -1.86. The van der Waals surface area contributed by atoms with E-state index in [1.807, 2.05) is 0 Å². The molecule has 0 aliphatic carbocycles. The topological polar surface area (TPSA) is 71.4 Å². The summed E-state index contributed by atoms with van der Waals surface area (Å²) in [5.41, 5.74) is 0.331. The number of rotatable bonds is 1. The third kappa shape index (κ3) is 9.73. The molecule has 0 aliphatic rings. The number of aromatic carboxylic acids is 1. The molecule has 14 heavy (non-hydrogen) atoms. The summed E-state index contributed by atoms with van der Waals surface area (Å²) in [4.78, 5) is 10.2. The summed E-state index contributed by atoms with van der Waals surface area (Å²) < 4.78 is 18.0. The van der Waals surface area contributed by atoms with Crippen LogP contribution >= 0.6 is 0 Å². The number of carboxylic acid groups (broad SMARTS) is 1. The first-order valence-corrected chi connectivity index (χ1v) is 4.81. The molecular weight excluding hydrogens is 215 g/mol. The van der Waals surface area contributed by atoms with Crippen molar-refractivity contribution in [3.8, 4) is 0 Å². The Hall–Kier alpha value is -0.360. The van der Waals surface area contributed by atoms with Crippen molar-refractivity contribution in [3.63, 3.8) is 0 Å². The van der Waals surface area contributed by atoms with Crippen molar-refractivity contribution in [3.05, 3.63) is 35.9 Å². The second-order valence-electron chi connectivity index (χ2n) is 2.07. The Kier molecular flexibility index (Phi) is 10.6. The Balaban J connectivity index is 0. The van der Waals surface area contributed by atoms with Crippen molar-refractivity contribution in [2.45, 2.75) is 0 Å². The summed E-state index contributed by atoms with van der Waals surface area (Å²) in [6.07, 6.45) is 1.08. The van der Waals surface area contributed by atoms with Gasteiger partial charge in [0.05, 0.1) is 5.56 Å². The first-order valence-electron chi connectivity index (χ1n) is 3.33.